The molecule has 0 fully saturated rings. The van der Waals surface area contributed by atoms with Crippen molar-refractivity contribution in [2.45, 2.75) is 24.2 Å². The first-order chi connectivity index (χ1) is 13.9. The number of halogens is 1. The van der Waals surface area contributed by atoms with Gasteiger partial charge in [-0.3, -0.25) is 0 Å². The van der Waals surface area contributed by atoms with Gasteiger partial charge in [0, 0.05) is 12.5 Å². The van der Waals surface area contributed by atoms with Crippen molar-refractivity contribution in [2.24, 2.45) is 0 Å². The molecule has 1 atom stereocenters. The maximum Gasteiger partial charge on any atom is 0.240 e. The lowest BCUT2D eigenvalue weighted by molar-refractivity contribution is 0.414. The predicted molar refractivity (Wildman–Crippen MR) is 112 cm³/mol. The van der Waals surface area contributed by atoms with Crippen molar-refractivity contribution in [1.82, 2.24) is 4.72 Å². The lowest BCUT2D eigenvalue weighted by Gasteiger charge is -2.19. The molecule has 0 spiro atoms. The normalized spacial score (nSPS) is 12.5. The molecular formula is C23H24FNO3S. The number of hydrogen-bond donors (Lipinski definition) is 1. The highest BCUT2D eigenvalue weighted by atomic mass is 32.2. The van der Waals surface area contributed by atoms with Crippen molar-refractivity contribution in [3.8, 4) is 5.75 Å². The van der Waals surface area contributed by atoms with Gasteiger partial charge in [0.05, 0.1) is 12.0 Å². The van der Waals surface area contributed by atoms with Crippen LogP contribution in [0.4, 0.5) is 4.39 Å². The highest BCUT2D eigenvalue weighted by molar-refractivity contribution is 7.89. The van der Waals surface area contributed by atoms with Crippen LogP contribution >= 0.6 is 0 Å². The topological polar surface area (TPSA) is 55.4 Å². The molecule has 4 nitrogen and oxygen atoms in total. The molecule has 0 amide bonds. The van der Waals surface area contributed by atoms with Gasteiger partial charge in [0.25, 0.3) is 0 Å². The van der Waals surface area contributed by atoms with E-state index in [0.29, 0.717) is 6.42 Å². The van der Waals surface area contributed by atoms with Gasteiger partial charge in [0.1, 0.15) is 11.6 Å². The highest BCUT2D eigenvalue weighted by Gasteiger charge is 2.18. The molecule has 0 aliphatic rings. The van der Waals surface area contributed by atoms with E-state index >= 15 is 0 Å². The molecule has 0 unspecified atom stereocenters. The van der Waals surface area contributed by atoms with Crippen LogP contribution in [0.2, 0.25) is 0 Å². The van der Waals surface area contributed by atoms with Gasteiger partial charge in [0.15, 0.2) is 0 Å². The second-order valence-corrected chi connectivity index (χ2v) is 8.64. The smallest absolute Gasteiger partial charge is 0.240 e. The fourth-order valence-corrected chi connectivity index (χ4v) is 4.24. The maximum atomic E-state index is 13.4. The number of sulfonamides is 1. The quantitative estimate of drug-likeness (QED) is 0.585. The number of methoxy groups -OCH3 is 1. The first-order valence-corrected chi connectivity index (χ1v) is 10.8. The minimum atomic E-state index is -3.58. The molecular weight excluding hydrogens is 389 g/mol. The molecule has 3 aromatic rings. The van der Waals surface area contributed by atoms with E-state index in [1.165, 1.54) is 12.1 Å². The molecule has 0 aliphatic carbocycles. The van der Waals surface area contributed by atoms with E-state index in [-0.39, 0.29) is 23.2 Å². The van der Waals surface area contributed by atoms with Crippen LogP contribution in [0.25, 0.3) is 0 Å². The highest BCUT2D eigenvalue weighted by Crippen LogP contribution is 2.29. The van der Waals surface area contributed by atoms with Crippen LogP contribution in [-0.2, 0) is 10.0 Å². The summed E-state index contributed by atoms with van der Waals surface area (Å²) in [6, 6.07) is 20.7. The third kappa shape index (κ3) is 5.43. The Morgan fingerprint density at radius 2 is 1.45 bits per heavy atom. The summed E-state index contributed by atoms with van der Waals surface area (Å²) >= 11 is 0. The molecule has 3 aromatic carbocycles. The molecule has 1 N–H and O–H groups in total. The van der Waals surface area contributed by atoms with E-state index in [1.54, 1.807) is 43.5 Å². The number of rotatable bonds is 8. The number of ether oxygens (including phenoxy) is 1. The largest absolute Gasteiger partial charge is 0.497 e. The number of hydrogen-bond acceptors (Lipinski definition) is 3. The van der Waals surface area contributed by atoms with Crippen LogP contribution in [0.1, 0.15) is 29.0 Å². The summed E-state index contributed by atoms with van der Waals surface area (Å²) < 4.78 is 46.3. The van der Waals surface area contributed by atoms with Gasteiger partial charge in [-0.05, 0) is 60.9 Å². The summed E-state index contributed by atoms with van der Waals surface area (Å²) in [5.74, 6) is 0.358. The van der Waals surface area contributed by atoms with Crippen molar-refractivity contribution < 1.29 is 17.5 Å². The molecule has 0 aliphatic heterocycles. The molecule has 0 bridgehead atoms. The van der Waals surface area contributed by atoms with Gasteiger partial charge in [0.2, 0.25) is 10.0 Å². The van der Waals surface area contributed by atoms with Gasteiger partial charge in [-0.25, -0.2) is 17.5 Å². The number of aryl methyl sites for hydroxylation is 1. The van der Waals surface area contributed by atoms with Gasteiger partial charge >= 0.3 is 0 Å². The third-order valence-corrected chi connectivity index (χ3v) is 6.32. The number of benzene rings is 3. The Bertz CT molecular complexity index is 1030. The van der Waals surface area contributed by atoms with Gasteiger partial charge in [-0.2, -0.15) is 0 Å². The predicted octanol–water partition coefficient (Wildman–Crippen LogP) is 4.64. The Labute approximate surface area is 171 Å². The first kappa shape index (κ1) is 21.0. The van der Waals surface area contributed by atoms with Crippen LogP contribution in [0, 0.1) is 12.7 Å². The van der Waals surface area contributed by atoms with E-state index in [0.717, 1.165) is 22.4 Å². The standard InChI is InChI=1S/C23H24FNO3S/c1-17-3-13-22(14-4-17)29(26,27)25-16-15-23(18-5-9-20(24)10-6-18)19-7-11-21(28-2)12-8-19/h3-14,23,25H,15-16H2,1-2H3/t23-/m0/s1. The molecule has 0 saturated heterocycles. The van der Waals surface area contributed by atoms with E-state index < -0.39 is 10.0 Å². The molecule has 0 saturated carbocycles. The molecule has 29 heavy (non-hydrogen) atoms. The molecule has 0 aromatic heterocycles. The summed E-state index contributed by atoms with van der Waals surface area (Å²) in [4.78, 5) is 0.242. The maximum absolute atomic E-state index is 13.4. The van der Waals surface area contributed by atoms with Crippen LogP contribution < -0.4 is 9.46 Å². The summed E-state index contributed by atoms with van der Waals surface area (Å²) in [7, 11) is -1.98. The van der Waals surface area contributed by atoms with E-state index in [2.05, 4.69) is 4.72 Å². The zero-order valence-electron chi connectivity index (χ0n) is 16.4. The Kier molecular flexibility index (Phi) is 6.67. The Balaban J connectivity index is 1.77. The van der Waals surface area contributed by atoms with Crippen LogP contribution in [0.5, 0.6) is 5.75 Å². The Morgan fingerprint density at radius 3 is 2.00 bits per heavy atom. The van der Waals surface area contributed by atoms with Crippen LogP contribution in [-0.4, -0.2) is 22.1 Å². The van der Waals surface area contributed by atoms with Crippen molar-refractivity contribution in [2.75, 3.05) is 13.7 Å². The Morgan fingerprint density at radius 1 is 0.897 bits per heavy atom. The lowest BCUT2D eigenvalue weighted by Crippen LogP contribution is -2.26. The molecule has 0 radical (unpaired) electrons. The van der Waals surface area contributed by atoms with Gasteiger partial charge in [-0.1, -0.05) is 42.0 Å². The molecule has 0 heterocycles. The number of nitrogens with one attached hydrogen (secondary N) is 1. The van der Waals surface area contributed by atoms with Crippen molar-refractivity contribution in [3.05, 3.63) is 95.3 Å². The average molecular weight is 414 g/mol. The fraction of sp³-hybridized carbons (Fsp3) is 0.217. The fourth-order valence-electron chi connectivity index (χ4n) is 3.20. The SMILES string of the molecule is COc1ccc([C@@H](CCNS(=O)(=O)c2ccc(C)cc2)c2ccc(F)cc2)cc1. The molecule has 3 rings (SSSR count). The summed E-state index contributed by atoms with van der Waals surface area (Å²) in [5.41, 5.74) is 2.93. The summed E-state index contributed by atoms with van der Waals surface area (Å²) in [6.07, 6.45) is 0.531. The average Bonchev–Trinajstić information content (AvgIpc) is 2.72. The van der Waals surface area contributed by atoms with E-state index in [4.69, 9.17) is 4.74 Å². The van der Waals surface area contributed by atoms with Crippen LogP contribution in [0.15, 0.2) is 77.7 Å². The first-order valence-electron chi connectivity index (χ1n) is 9.35. The van der Waals surface area contributed by atoms with Crippen LogP contribution in [0.3, 0.4) is 0 Å². The summed E-state index contributed by atoms with van der Waals surface area (Å²) in [6.45, 7) is 2.16. The minimum absolute atomic E-state index is 0.0813. The summed E-state index contributed by atoms with van der Waals surface area (Å²) in [5, 5.41) is 0. The van der Waals surface area contributed by atoms with Crippen molar-refractivity contribution in [1.29, 1.82) is 0 Å². The van der Waals surface area contributed by atoms with Gasteiger partial charge < -0.3 is 4.74 Å². The van der Waals surface area contributed by atoms with E-state index in [9.17, 15) is 12.8 Å². The zero-order valence-corrected chi connectivity index (χ0v) is 17.2. The molecule has 6 heteroatoms. The molecule has 152 valence electrons. The lowest BCUT2D eigenvalue weighted by atomic mass is 9.88. The van der Waals surface area contributed by atoms with Crippen molar-refractivity contribution in [3.63, 3.8) is 0 Å². The zero-order chi connectivity index (χ0) is 20.9. The monoisotopic (exact) mass is 413 g/mol. The second-order valence-electron chi connectivity index (χ2n) is 6.88. The third-order valence-electron chi connectivity index (χ3n) is 4.85. The van der Waals surface area contributed by atoms with E-state index in [1.807, 2.05) is 31.2 Å². The van der Waals surface area contributed by atoms with Crippen molar-refractivity contribution >= 4 is 10.0 Å². The Hall–Kier alpha value is -2.70. The van der Waals surface area contributed by atoms with Gasteiger partial charge in [-0.15, -0.1) is 0 Å². The second kappa shape index (κ2) is 9.20. The minimum Gasteiger partial charge on any atom is -0.497 e.